The van der Waals surface area contributed by atoms with Crippen LogP contribution in [0, 0.1) is 0 Å². The van der Waals surface area contributed by atoms with Gasteiger partial charge in [0.2, 0.25) is 0 Å². The third-order valence-electron chi connectivity index (χ3n) is 4.50. The zero-order valence-corrected chi connectivity index (χ0v) is 13.2. The van der Waals surface area contributed by atoms with Gasteiger partial charge in [-0.2, -0.15) is 0 Å². The second-order valence-electron chi connectivity index (χ2n) is 5.90. The smallest absolute Gasteiger partial charge is 0.0452 e. The number of allylic oxidation sites excluding steroid dienone is 5. The minimum atomic E-state index is 0.454. The Morgan fingerprint density at radius 1 is 1.30 bits per heavy atom. The van der Waals surface area contributed by atoms with E-state index in [0.29, 0.717) is 6.04 Å². The third kappa shape index (κ3) is 3.71. The van der Waals surface area contributed by atoms with Gasteiger partial charge in [-0.05, 0) is 44.4 Å². The molecular formula is C18H28N2. The van der Waals surface area contributed by atoms with Crippen molar-refractivity contribution in [3.63, 3.8) is 0 Å². The maximum Gasteiger partial charge on any atom is 0.0452 e. The van der Waals surface area contributed by atoms with E-state index in [4.69, 9.17) is 0 Å². The van der Waals surface area contributed by atoms with Crippen molar-refractivity contribution in [3.8, 4) is 0 Å². The van der Waals surface area contributed by atoms with Crippen LogP contribution in [0.2, 0.25) is 0 Å². The lowest BCUT2D eigenvalue weighted by Gasteiger charge is -2.34. The van der Waals surface area contributed by atoms with Crippen molar-refractivity contribution >= 4 is 0 Å². The SMILES string of the molecule is C=C1CC/C=C(C)/C([C@@H]2CN(CC)CCN2)=C\C=C\1C. The molecule has 0 bridgehead atoms. The molecule has 2 rings (SSSR count). The van der Waals surface area contributed by atoms with Crippen LogP contribution >= 0.6 is 0 Å². The highest BCUT2D eigenvalue weighted by Gasteiger charge is 2.22. The maximum absolute atomic E-state index is 4.18. The molecule has 2 aliphatic rings. The second kappa shape index (κ2) is 7.05. The van der Waals surface area contributed by atoms with Gasteiger partial charge in [0.25, 0.3) is 0 Å². The Morgan fingerprint density at radius 2 is 2.10 bits per heavy atom. The van der Waals surface area contributed by atoms with Crippen LogP contribution in [0.1, 0.15) is 33.6 Å². The Hall–Kier alpha value is -1.12. The topological polar surface area (TPSA) is 15.3 Å². The summed E-state index contributed by atoms with van der Waals surface area (Å²) in [5.41, 5.74) is 5.43. The van der Waals surface area contributed by atoms with E-state index in [-0.39, 0.29) is 0 Å². The molecule has 1 saturated heterocycles. The van der Waals surface area contributed by atoms with Crippen LogP contribution in [0.25, 0.3) is 0 Å². The number of hydrogen-bond acceptors (Lipinski definition) is 2. The molecule has 20 heavy (non-hydrogen) atoms. The molecule has 0 amide bonds. The predicted octanol–water partition coefficient (Wildman–Crippen LogP) is 3.45. The monoisotopic (exact) mass is 272 g/mol. The van der Waals surface area contributed by atoms with Crippen LogP contribution in [-0.4, -0.2) is 37.1 Å². The fourth-order valence-corrected chi connectivity index (χ4v) is 2.94. The number of nitrogens with one attached hydrogen (secondary N) is 1. The lowest BCUT2D eigenvalue weighted by molar-refractivity contribution is 0.224. The van der Waals surface area contributed by atoms with Gasteiger partial charge in [-0.25, -0.2) is 0 Å². The summed E-state index contributed by atoms with van der Waals surface area (Å²) in [6, 6.07) is 0.454. The highest BCUT2D eigenvalue weighted by atomic mass is 15.2. The lowest BCUT2D eigenvalue weighted by atomic mass is 9.96. The number of hydrogen-bond donors (Lipinski definition) is 1. The van der Waals surface area contributed by atoms with Crippen LogP contribution in [0.5, 0.6) is 0 Å². The molecule has 1 heterocycles. The number of rotatable bonds is 2. The summed E-state index contributed by atoms with van der Waals surface area (Å²) in [5, 5.41) is 3.68. The standard InChI is InChI=1S/C18H28N2/c1-5-20-12-11-19-18(13-20)17-10-9-15(3)14(2)7-6-8-16(17)4/h8-10,18-19H,2,5-7,11-13H2,1,3-4H3/b15-9+,16-8+,17-10+/t18-/m0/s1. The summed E-state index contributed by atoms with van der Waals surface area (Å²) in [5.74, 6) is 0. The van der Waals surface area contributed by atoms with Crippen LogP contribution in [0.4, 0.5) is 0 Å². The first kappa shape index (κ1) is 15.3. The molecule has 0 aromatic carbocycles. The second-order valence-corrected chi connectivity index (χ2v) is 5.90. The van der Waals surface area contributed by atoms with Gasteiger partial charge >= 0.3 is 0 Å². The molecule has 2 heteroatoms. The third-order valence-corrected chi connectivity index (χ3v) is 4.50. The van der Waals surface area contributed by atoms with Crippen LogP contribution in [0.15, 0.2) is 47.1 Å². The molecule has 110 valence electrons. The highest BCUT2D eigenvalue weighted by Crippen LogP contribution is 2.23. The van der Waals surface area contributed by atoms with E-state index < -0.39 is 0 Å². The van der Waals surface area contributed by atoms with Gasteiger partial charge in [0, 0.05) is 25.7 Å². The quantitative estimate of drug-likeness (QED) is 0.828. The van der Waals surface area contributed by atoms with E-state index in [0.717, 1.165) is 39.0 Å². The Bertz CT molecular complexity index is 454. The summed E-state index contributed by atoms with van der Waals surface area (Å²) < 4.78 is 0. The molecule has 0 unspecified atom stereocenters. The van der Waals surface area contributed by atoms with Crippen molar-refractivity contribution in [3.05, 3.63) is 47.1 Å². The highest BCUT2D eigenvalue weighted by molar-refractivity contribution is 5.41. The first-order valence-electron chi connectivity index (χ1n) is 7.81. The first-order valence-corrected chi connectivity index (χ1v) is 7.81. The Balaban J connectivity index is 2.25. The molecule has 1 atom stereocenters. The van der Waals surface area contributed by atoms with Crippen molar-refractivity contribution in [2.24, 2.45) is 0 Å². The fraction of sp³-hybridized carbons (Fsp3) is 0.556. The van der Waals surface area contributed by atoms with Gasteiger partial charge in [-0.1, -0.05) is 42.9 Å². The van der Waals surface area contributed by atoms with Crippen LogP contribution < -0.4 is 5.32 Å². The first-order chi connectivity index (χ1) is 9.61. The molecule has 0 radical (unpaired) electrons. The summed E-state index contributed by atoms with van der Waals surface area (Å²) in [6.45, 7) is 15.3. The van der Waals surface area contributed by atoms with E-state index in [1.807, 2.05) is 0 Å². The van der Waals surface area contributed by atoms with Gasteiger partial charge < -0.3 is 10.2 Å². The maximum atomic E-state index is 4.18. The van der Waals surface area contributed by atoms with Crippen molar-refractivity contribution in [2.75, 3.05) is 26.2 Å². The molecule has 0 spiro atoms. The van der Waals surface area contributed by atoms with E-state index >= 15 is 0 Å². The predicted molar refractivity (Wildman–Crippen MR) is 87.9 cm³/mol. The zero-order valence-electron chi connectivity index (χ0n) is 13.2. The molecule has 1 aliphatic carbocycles. The molecule has 1 aliphatic heterocycles. The van der Waals surface area contributed by atoms with Crippen LogP contribution in [0.3, 0.4) is 0 Å². The molecule has 0 aromatic rings. The lowest BCUT2D eigenvalue weighted by Crippen LogP contribution is -2.51. The summed E-state index contributed by atoms with van der Waals surface area (Å²) in [6.07, 6.45) is 9.08. The van der Waals surface area contributed by atoms with E-state index in [2.05, 4.69) is 55.8 Å². The van der Waals surface area contributed by atoms with E-state index in [1.54, 1.807) is 0 Å². The van der Waals surface area contributed by atoms with Crippen molar-refractivity contribution in [2.45, 2.75) is 39.7 Å². The molecule has 0 aromatic heterocycles. The summed E-state index contributed by atoms with van der Waals surface area (Å²) in [4.78, 5) is 2.53. The molecule has 1 N–H and O–H groups in total. The zero-order chi connectivity index (χ0) is 14.5. The Morgan fingerprint density at radius 3 is 2.85 bits per heavy atom. The van der Waals surface area contributed by atoms with Crippen LogP contribution in [-0.2, 0) is 0 Å². The number of nitrogens with zero attached hydrogens (tertiary/aromatic N) is 1. The van der Waals surface area contributed by atoms with Gasteiger partial charge in [-0.3, -0.25) is 0 Å². The van der Waals surface area contributed by atoms with Gasteiger partial charge in [0.1, 0.15) is 0 Å². The minimum absolute atomic E-state index is 0.454. The average Bonchev–Trinajstić information content (AvgIpc) is 2.52. The minimum Gasteiger partial charge on any atom is -0.308 e. The van der Waals surface area contributed by atoms with E-state index in [9.17, 15) is 0 Å². The van der Waals surface area contributed by atoms with Gasteiger partial charge in [-0.15, -0.1) is 0 Å². The molecule has 0 saturated carbocycles. The van der Waals surface area contributed by atoms with Gasteiger partial charge in [0.05, 0.1) is 0 Å². The van der Waals surface area contributed by atoms with Crippen molar-refractivity contribution in [1.82, 2.24) is 10.2 Å². The molecular weight excluding hydrogens is 244 g/mol. The Kier molecular flexibility index (Phi) is 5.38. The average molecular weight is 272 g/mol. The number of likely N-dealkylation sites (N-methyl/N-ethyl adjacent to an activating group) is 1. The fourth-order valence-electron chi connectivity index (χ4n) is 2.94. The largest absolute Gasteiger partial charge is 0.308 e. The summed E-state index contributed by atoms with van der Waals surface area (Å²) >= 11 is 0. The van der Waals surface area contributed by atoms with Crippen molar-refractivity contribution < 1.29 is 0 Å². The Labute approximate surface area is 123 Å². The number of piperazine rings is 1. The van der Waals surface area contributed by atoms with Gasteiger partial charge in [0.15, 0.2) is 0 Å². The molecule has 1 fully saturated rings. The molecule has 2 nitrogen and oxygen atoms in total. The normalized spacial score (nSPS) is 33.9. The van der Waals surface area contributed by atoms with Crippen molar-refractivity contribution in [1.29, 1.82) is 0 Å². The summed E-state index contributed by atoms with van der Waals surface area (Å²) in [7, 11) is 0. The van der Waals surface area contributed by atoms with E-state index in [1.165, 1.54) is 22.3 Å².